The third-order valence-electron chi connectivity index (χ3n) is 5.61. The van der Waals surface area contributed by atoms with Crippen molar-refractivity contribution in [2.75, 3.05) is 26.3 Å². The van der Waals surface area contributed by atoms with Gasteiger partial charge in [-0.1, -0.05) is 12.2 Å². The number of hydrogen-bond donors (Lipinski definition) is 2. The summed E-state index contributed by atoms with van der Waals surface area (Å²) in [7, 11) is 0. The minimum absolute atomic E-state index is 0.00179. The number of rotatable bonds is 6. The smallest absolute Gasteiger partial charge is 0.391 e. The maximum absolute atomic E-state index is 12.7. The number of piperidine rings is 1. The summed E-state index contributed by atoms with van der Waals surface area (Å²) in [4.78, 5) is 13.9. The number of amides is 1. The number of nitrogens with zero attached hydrogens (tertiary/aromatic N) is 1. The highest BCUT2D eigenvalue weighted by molar-refractivity contribution is 5.82. The number of halogens is 3. The summed E-state index contributed by atoms with van der Waals surface area (Å²) in [6.07, 6.45) is 1.52. The van der Waals surface area contributed by atoms with E-state index in [0.29, 0.717) is 13.0 Å². The molecule has 3 N–H and O–H groups in total. The number of likely N-dealkylation sites (tertiary alicyclic amines) is 1. The summed E-state index contributed by atoms with van der Waals surface area (Å²) in [5.74, 6) is -1.72. The molecule has 1 heterocycles. The Balaban J connectivity index is 1.83. The zero-order chi connectivity index (χ0) is 19.4. The molecule has 1 unspecified atom stereocenters. The predicted molar refractivity (Wildman–Crippen MR) is 91.3 cm³/mol. The molecule has 3 atom stereocenters. The second kappa shape index (κ2) is 8.71. The van der Waals surface area contributed by atoms with Crippen LogP contribution in [0.5, 0.6) is 0 Å². The molecular weight excluding hydrogens is 349 g/mol. The molecule has 1 fully saturated rings. The van der Waals surface area contributed by atoms with Crippen molar-refractivity contribution in [2.45, 2.75) is 57.3 Å². The van der Waals surface area contributed by atoms with E-state index in [9.17, 15) is 23.1 Å². The van der Waals surface area contributed by atoms with E-state index in [2.05, 4.69) is 6.08 Å². The van der Waals surface area contributed by atoms with Gasteiger partial charge in [-0.3, -0.25) is 4.79 Å². The fourth-order valence-electron chi connectivity index (χ4n) is 3.51. The zero-order valence-corrected chi connectivity index (χ0v) is 15.2. The van der Waals surface area contributed by atoms with Crippen molar-refractivity contribution < 1.29 is 27.8 Å². The standard InChI is InChI=1S/C18H29F3N2O3/c1-13(26-12-17(11-24)7-3-2-4-8-17)15(22)16(25)23-9-5-14(6-10-23)18(19,20)21/h2-3,13-15,24H,4-12,22H2,1H3/t13-,15+,17?/m1/s1. The van der Waals surface area contributed by atoms with Gasteiger partial charge in [0.25, 0.3) is 0 Å². The third kappa shape index (κ3) is 5.20. The molecule has 2 aliphatic rings. The van der Waals surface area contributed by atoms with Crippen LogP contribution in [0, 0.1) is 11.3 Å². The average molecular weight is 378 g/mol. The van der Waals surface area contributed by atoms with Gasteiger partial charge in [-0.15, -0.1) is 0 Å². The van der Waals surface area contributed by atoms with Crippen LogP contribution in [-0.4, -0.2) is 60.5 Å². The van der Waals surface area contributed by atoms with E-state index < -0.39 is 24.2 Å². The Kier molecular flexibility index (Phi) is 7.10. The van der Waals surface area contributed by atoms with Crippen molar-refractivity contribution in [1.29, 1.82) is 0 Å². The van der Waals surface area contributed by atoms with Crippen LogP contribution in [0.25, 0.3) is 0 Å². The van der Waals surface area contributed by atoms with Gasteiger partial charge < -0.3 is 20.5 Å². The van der Waals surface area contributed by atoms with Crippen molar-refractivity contribution in [3.05, 3.63) is 12.2 Å². The Morgan fingerprint density at radius 2 is 2.04 bits per heavy atom. The molecule has 0 aromatic heterocycles. The molecule has 0 spiro atoms. The first-order valence-electron chi connectivity index (χ1n) is 9.17. The van der Waals surface area contributed by atoms with Crippen molar-refractivity contribution >= 4 is 5.91 Å². The number of hydrogen-bond acceptors (Lipinski definition) is 4. The van der Waals surface area contributed by atoms with Crippen LogP contribution in [0.15, 0.2) is 12.2 Å². The van der Waals surface area contributed by atoms with E-state index in [1.54, 1.807) is 6.92 Å². The van der Waals surface area contributed by atoms with Crippen molar-refractivity contribution in [1.82, 2.24) is 4.90 Å². The van der Waals surface area contributed by atoms with E-state index in [1.165, 1.54) is 4.90 Å². The van der Waals surface area contributed by atoms with Crippen LogP contribution >= 0.6 is 0 Å². The predicted octanol–water partition coefficient (Wildman–Crippen LogP) is 2.24. The molecule has 150 valence electrons. The Morgan fingerprint density at radius 3 is 2.54 bits per heavy atom. The average Bonchev–Trinajstić information content (AvgIpc) is 2.65. The molecule has 0 radical (unpaired) electrons. The molecule has 1 amide bonds. The molecule has 1 aliphatic carbocycles. The van der Waals surface area contributed by atoms with Crippen LogP contribution in [-0.2, 0) is 9.53 Å². The number of nitrogens with two attached hydrogens (primary N) is 1. The highest BCUT2D eigenvalue weighted by Gasteiger charge is 2.42. The second-order valence-electron chi connectivity index (χ2n) is 7.56. The highest BCUT2D eigenvalue weighted by Crippen LogP contribution is 2.35. The summed E-state index contributed by atoms with van der Waals surface area (Å²) >= 11 is 0. The summed E-state index contributed by atoms with van der Waals surface area (Å²) < 4.78 is 44.0. The number of aliphatic hydroxyl groups excluding tert-OH is 1. The van der Waals surface area contributed by atoms with Gasteiger partial charge in [0, 0.05) is 18.5 Å². The first-order valence-corrected chi connectivity index (χ1v) is 9.17. The van der Waals surface area contributed by atoms with Crippen molar-refractivity contribution in [3.63, 3.8) is 0 Å². The molecule has 0 aromatic carbocycles. The number of carbonyl (C=O) groups excluding carboxylic acids is 1. The number of aliphatic hydroxyl groups is 1. The number of allylic oxidation sites excluding steroid dienone is 2. The number of carbonyl (C=O) groups is 1. The van der Waals surface area contributed by atoms with Crippen molar-refractivity contribution in [3.8, 4) is 0 Å². The minimum atomic E-state index is -4.21. The lowest BCUT2D eigenvalue weighted by molar-refractivity contribution is -0.187. The topological polar surface area (TPSA) is 75.8 Å². The normalized spacial score (nSPS) is 27.4. The van der Waals surface area contributed by atoms with E-state index in [4.69, 9.17) is 10.5 Å². The number of ether oxygens (including phenoxy) is 1. The Hall–Kier alpha value is -1.12. The van der Waals surface area contributed by atoms with Gasteiger partial charge in [-0.2, -0.15) is 13.2 Å². The minimum Gasteiger partial charge on any atom is -0.396 e. The Bertz CT molecular complexity index is 504. The lowest BCUT2D eigenvalue weighted by Gasteiger charge is -2.37. The van der Waals surface area contributed by atoms with Gasteiger partial charge in [0.15, 0.2) is 0 Å². The summed E-state index contributed by atoms with van der Waals surface area (Å²) in [6.45, 7) is 2.11. The zero-order valence-electron chi connectivity index (χ0n) is 15.2. The monoisotopic (exact) mass is 378 g/mol. The van der Waals surface area contributed by atoms with Crippen LogP contribution in [0.1, 0.15) is 39.0 Å². The van der Waals surface area contributed by atoms with Crippen LogP contribution in [0.2, 0.25) is 0 Å². The van der Waals surface area contributed by atoms with Crippen molar-refractivity contribution in [2.24, 2.45) is 17.1 Å². The van der Waals surface area contributed by atoms with Gasteiger partial charge in [0.2, 0.25) is 5.91 Å². The molecule has 2 rings (SSSR count). The molecule has 1 aliphatic heterocycles. The molecule has 0 bridgehead atoms. The summed E-state index contributed by atoms with van der Waals surface area (Å²) in [6, 6.07) is -0.924. The first kappa shape index (κ1) is 21.2. The Morgan fingerprint density at radius 1 is 1.38 bits per heavy atom. The van der Waals surface area contributed by atoms with E-state index in [1.807, 2.05) is 6.08 Å². The van der Waals surface area contributed by atoms with Gasteiger partial charge in [0.1, 0.15) is 6.04 Å². The lowest BCUT2D eigenvalue weighted by Crippen LogP contribution is -2.53. The molecule has 0 aromatic rings. The third-order valence-corrected chi connectivity index (χ3v) is 5.61. The molecule has 0 saturated carbocycles. The highest BCUT2D eigenvalue weighted by atomic mass is 19.4. The van der Waals surface area contributed by atoms with E-state index in [-0.39, 0.29) is 43.9 Å². The molecule has 26 heavy (non-hydrogen) atoms. The fraction of sp³-hybridized carbons (Fsp3) is 0.833. The van der Waals surface area contributed by atoms with Crippen LogP contribution in [0.4, 0.5) is 13.2 Å². The Labute approximate surface area is 152 Å². The van der Waals surface area contributed by atoms with Crippen LogP contribution < -0.4 is 5.73 Å². The van der Waals surface area contributed by atoms with Gasteiger partial charge in [-0.25, -0.2) is 0 Å². The van der Waals surface area contributed by atoms with Gasteiger partial charge in [-0.05, 0) is 39.0 Å². The van der Waals surface area contributed by atoms with Gasteiger partial charge >= 0.3 is 6.18 Å². The summed E-state index contributed by atoms with van der Waals surface area (Å²) in [5, 5.41) is 9.68. The molecule has 1 saturated heterocycles. The largest absolute Gasteiger partial charge is 0.396 e. The SMILES string of the molecule is C[C@@H](OCC1(CO)CC=CCC1)[C@H](N)C(=O)N1CCC(C(F)(F)F)CC1. The second-order valence-corrected chi connectivity index (χ2v) is 7.56. The molecular formula is C18H29F3N2O3. The molecule has 8 heteroatoms. The fourth-order valence-corrected chi connectivity index (χ4v) is 3.51. The van der Waals surface area contributed by atoms with E-state index in [0.717, 1.165) is 12.8 Å². The van der Waals surface area contributed by atoms with Gasteiger partial charge in [0.05, 0.1) is 25.2 Å². The van der Waals surface area contributed by atoms with E-state index >= 15 is 0 Å². The molecule has 5 nitrogen and oxygen atoms in total. The summed E-state index contributed by atoms with van der Waals surface area (Å²) in [5.41, 5.74) is 5.65. The van der Waals surface area contributed by atoms with Crippen LogP contribution in [0.3, 0.4) is 0 Å². The quantitative estimate of drug-likeness (QED) is 0.695. The lowest BCUT2D eigenvalue weighted by atomic mass is 9.78. The maximum Gasteiger partial charge on any atom is 0.391 e. The maximum atomic E-state index is 12.7. The number of alkyl halides is 3. The first-order chi connectivity index (χ1) is 12.2.